The Balaban J connectivity index is 0.861. The van der Waals surface area contributed by atoms with Crippen LogP contribution >= 0.6 is 0 Å². The van der Waals surface area contributed by atoms with Gasteiger partial charge in [0.2, 0.25) is 0 Å². The van der Waals surface area contributed by atoms with E-state index in [-0.39, 0.29) is 0 Å². The van der Waals surface area contributed by atoms with Gasteiger partial charge in [-0.3, -0.25) is 0 Å². The number of fused-ring (bicyclic) bond motifs is 8. The van der Waals surface area contributed by atoms with Crippen LogP contribution in [0, 0.1) is 0 Å². The highest BCUT2D eigenvalue weighted by Crippen LogP contribution is 2.42. The van der Waals surface area contributed by atoms with Gasteiger partial charge < -0.3 is 18.3 Å². The Kier molecular flexibility index (Phi) is 29.2. The Bertz CT molecular complexity index is 4110. The van der Waals surface area contributed by atoms with Crippen molar-refractivity contribution in [3.63, 3.8) is 0 Å². The van der Waals surface area contributed by atoms with Gasteiger partial charge in [0.25, 0.3) is 0 Å². The van der Waals surface area contributed by atoms with Crippen LogP contribution in [0.2, 0.25) is 0 Å². The van der Waals surface area contributed by atoms with Crippen molar-refractivity contribution in [1.82, 2.24) is 18.3 Å². The fourth-order valence-electron chi connectivity index (χ4n) is 17.3. The van der Waals surface area contributed by atoms with E-state index in [0.717, 1.165) is 140 Å². The molecule has 0 saturated heterocycles. The summed E-state index contributed by atoms with van der Waals surface area (Å²) in [7, 11) is 0. The molecule has 0 spiro atoms. The van der Waals surface area contributed by atoms with Gasteiger partial charge in [0.1, 0.15) is 0 Å². The summed E-state index contributed by atoms with van der Waals surface area (Å²) in [5.74, 6) is 0. The molecule has 108 heavy (non-hydrogen) atoms. The smallest absolute Gasteiger partial charge is 0.0864 e. The van der Waals surface area contributed by atoms with Crippen LogP contribution in [-0.2, 0) is 26.2 Å². The molecule has 1 aliphatic rings. The van der Waals surface area contributed by atoms with E-state index in [9.17, 15) is 0 Å². The number of aromatic nitrogens is 4. The highest BCUT2D eigenvalue weighted by atomic mass is 15.1. The molecule has 4 aromatic heterocycles. The first kappa shape index (κ1) is 77.5. The van der Waals surface area contributed by atoms with Gasteiger partial charge in [-0.05, 0) is 171 Å². The molecule has 0 amide bonds. The van der Waals surface area contributed by atoms with Crippen LogP contribution in [0.3, 0.4) is 0 Å². The maximum atomic E-state index is 5.05. The molecule has 0 unspecified atom stereocenters. The molecule has 0 fully saturated rings. The molecule has 12 nitrogen and oxygen atoms in total. The highest BCUT2D eigenvalue weighted by molar-refractivity contribution is 6.13. The molecule has 13 rings (SSSR count). The van der Waals surface area contributed by atoms with Gasteiger partial charge in [-0.15, -0.1) is 0 Å². The summed E-state index contributed by atoms with van der Waals surface area (Å²) in [5, 5.41) is 49.6. The minimum Gasteiger partial charge on any atom is -0.340 e. The average Bonchev–Trinajstić information content (AvgIpc) is 1.63. The van der Waals surface area contributed by atoms with E-state index in [1.807, 2.05) is 0 Å². The summed E-state index contributed by atoms with van der Waals surface area (Å²) in [4.78, 5) is 0. The zero-order valence-electron chi connectivity index (χ0n) is 66.3. The van der Waals surface area contributed by atoms with Crippen molar-refractivity contribution in [2.45, 2.75) is 311 Å². The summed E-state index contributed by atoms with van der Waals surface area (Å²) in [5.41, 5.74) is 16.1. The molecule has 0 radical (unpaired) electrons. The number of rotatable bonds is 44. The SMILES string of the molecule is CCCCCCCCCCCCn1c2ccc3cc2c2cc(ccc21)N=Nc1ccc2c(c1)c1cc(ccc1n2CCCCCCCCCCCC)N=Nc1ccc2c(c1)c1cc(ccc1n2CCCCCCCCCCCC)N=Nc1ccc2c(c1)c1cc(ccc1n2CCCCCCCCCCCC)N=N3. The first-order valence-electron chi connectivity index (χ1n) is 43.4. The van der Waals surface area contributed by atoms with Crippen LogP contribution in [0.1, 0.15) is 285 Å². The molecule has 8 aromatic carbocycles. The van der Waals surface area contributed by atoms with Crippen LogP contribution < -0.4 is 0 Å². The van der Waals surface area contributed by atoms with Crippen LogP contribution in [-0.4, -0.2) is 18.3 Å². The lowest BCUT2D eigenvalue weighted by Crippen LogP contribution is -1.97. The zero-order valence-corrected chi connectivity index (χ0v) is 66.3. The largest absolute Gasteiger partial charge is 0.340 e. The van der Waals surface area contributed by atoms with Crippen molar-refractivity contribution in [3.05, 3.63) is 146 Å². The van der Waals surface area contributed by atoms with Gasteiger partial charge in [-0.25, -0.2) is 0 Å². The number of hydrogen-bond acceptors (Lipinski definition) is 8. The topological polar surface area (TPSA) is 119 Å². The van der Waals surface area contributed by atoms with E-state index < -0.39 is 0 Å². The first-order valence-corrected chi connectivity index (χ1v) is 43.4. The van der Waals surface area contributed by atoms with Crippen molar-refractivity contribution in [1.29, 1.82) is 0 Å². The predicted octanol–water partition coefficient (Wildman–Crippen LogP) is 33.8. The van der Waals surface area contributed by atoms with Gasteiger partial charge in [0.05, 0.1) is 45.5 Å². The molecule has 12 heteroatoms. The third-order valence-corrected chi connectivity index (χ3v) is 23.4. The first-order chi connectivity index (χ1) is 53.5. The molecule has 0 aliphatic carbocycles. The highest BCUT2D eigenvalue weighted by Gasteiger charge is 2.19. The molecule has 0 N–H and O–H groups in total. The number of hydrogen-bond donors (Lipinski definition) is 0. The minimum atomic E-state index is 0.812. The van der Waals surface area contributed by atoms with E-state index in [0.29, 0.717) is 0 Å². The van der Waals surface area contributed by atoms with Gasteiger partial charge >= 0.3 is 0 Å². The maximum Gasteiger partial charge on any atom is 0.0864 e. The van der Waals surface area contributed by atoms with E-state index >= 15 is 0 Å². The van der Waals surface area contributed by atoms with Crippen LogP contribution in [0.4, 0.5) is 45.5 Å². The second-order valence-electron chi connectivity index (χ2n) is 31.7. The van der Waals surface area contributed by atoms with Crippen molar-refractivity contribution >= 4 is 133 Å². The van der Waals surface area contributed by atoms with Crippen molar-refractivity contribution in [2.75, 3.05) is 0 Å². The molecule has 0 saturated carbocycles. The lowest BCUT2D eigenvalue weighted by Gasteiger charge is -2.08. The minimum absolute atomic E-state index is 0.812. The van der Waals surface area contributed by atoms with Gasteiger partial charge in [0.15, 0.2) is 0 Å². The van der Waals surface area contributed by atoms with Gasteiger partial charge in [0, 0.05) is 113 Å². The monoisotopic (exact) mass is 1450 g/mol. The van der Waals surface area contributed by atoms with Gasteiger partial charge in [-0.1, -0.05) is 259 Å². The maximum absolute atomic E-state index is 5.05. The summed E-state index contributed by atoms with van der Waals surface area (Å²) in [6, 6.07) is 53.0. The number of aryl methyl sites for hydroxylation is 4. The summed E-state index contributed by atoms with van der Waals surface area (Å²) in [6.07, 6.45) is 52.2. The normalized spacial score (nSPS) is 12.6. The Morgan fingerprint density at radius 1 is 0.157 bits per heavy atom. The second-order valence-corrected chi connectivity index (χ2v) is 31.7. The Morgan fingerprint density at radius 2 is 0.278 bits per heavy atom. The molecule has 12 aromatic rings. The van der Waals surface area contributed by atoms with E-state index in [1.54, 1.807) is 0 Å². The Labute approximate surface area is 644 Å². The lowest BCUT2D eigenvalue weighted by molar-refractivity contribution is 0.541. The van der Waals surface area contributed by atoms with E-state index in [1.165, 1.54) is 275 Å². The van der Waals surface area contributed by atoms with Crippen molar-refractivity contribution < 1.29 is 0 Å². The van der Waals surface area contributed by atoms with Gasteiger partial charge in [-0.2, -0.15) is 40.9 Å². The quantitative estimate of drug-likeness (QED) is 0.0338. The summed E-state index contributed by atoms with van der Waals surface area (Å²) >= 11 is 0. The summed E-state index contributed by atoms with van der Waals surface area (Å²) < 4.78 is 10.1. The second kappa shape index (κ2) is 40.7. The number of benzene rings is 8. The lowest BCUT2D eigenvalue weighted by atomic mass is 10.1. The molecule has 5 heterocycles. The molecule has 16 bridgehead atoms. The third-order valence-electron chi connectivity index (χ3n) is 23.4. The number of azo groups is 4. The fraction of sp³-hybridized carbons (Fsp3) is 0.500. The Hall–Kier alpha value is -8.64. The van der Waals surface area contributed by atoms with Crippen LogP contribution in [0.25, 0.3) is 87.2 Å². The molecule has 1 aliphatic heterocycles. The predicted molar refractivity (Wildman–Crippen MR) is 462 cm³/mol. The summed E-state index contributed by atoms with van der Waals surface area (Å²) in [6.45, 7) is 13.0. The van der Waals surface area contributed by atoms with E-state index in [4.69, 9.17) is 40.9 Å². The average molecular weight is 1450 g/mol. The van der Waals surface area contributed by atoms with Crippen molar-refractivity contribution in [3.8, 4) is 0 Å². The third kappa shape index (κ3) is 20.2. The molecular formula is C96H124N12. The van der Waals surface area contributed by atoms with E-state index in [2.05, 4.69) is 192 Å². The number of nitrogens with zero attached hydrogens (tertiary/aromatic N) is 12. The van der Waals surface area contributed by atoms with Crippen LogP contribution in [0.15, 0.2) is 187 Å². The zero-order chi connectivity index (χ0) is 73.9. The van der Waals surface area contributed by atoms with Crippen molar-refractivity contribution in [2.24, 2.45) is 40.9 Å². The van der Waals surface area contributed by atoms with Crippen LogP contribution in [0.5, 0.6) is 0 Å². The molecule has 0 atom stereocenters. The molecular weight excluding hydrogens is 1320 g/mol. The fourth-order valence-corrected chi connectivity index (χ4v) is 17.3. The number of unbranched alkanes of at least 4 members (excludes halogenated alkanes) is 36. The standard InChI is InChI=1S/C96H124N12/c1-5-9-13-17-21-25-29-33-37-41-61-105-89-53-45-73-65-81(89)82-66-74(46-54-90(82)105)98-100-76-48-56-92-84(68-76)86-70-78(50-58-94(86)107(92)63-43-39-35-31-27-23-19-15-11-7-3)102-104-80-52-60-96-88(72-80)87-71-79(51-59-95(87)108(96)64-44-40-36-32-28-24-20-16-12-8-4)103-101-77-49-57-93-85(69-77)83-67-75(99-97-73)47-55-91(83)106(93)62-42-38-34-30-26-22-18-14-10-6-2/h45-60,65-72H,5-44,61-64H2,1-4H3. The Morgan fingerprint density at radius 3 is 0.407 bits per heavy atom. The molecule has 568 valence electrons.